The van der Waals surface area contributed by atoms with Gasteiger partial charge in [-0.05, 0) is 216 Å². The number of esters is 1. The predicted molar refractivity (Wildman–Crippen MR) is 470 cm³/mol. The van der Waals surface area contributed by atoms with Crippen LogP contribution < -0.4 is 31.3 Å². The molecule has 3 aliphatic heterocycles. The number of aldehydes is 2. The van der Waals surface area contributed by atoms with Gasteiger partial charge >= 0.3 is 5.97 Å². The number of halogens is 2. The standard InChI is InChI=1S/C42H47ClN12O4S.C37H50ClN7O7S.C6H10O2.2CH2O/c1-27(44-3)39(56)47-37(41(58)54-22-11-14-31(54)25-55-42(49-50-52-55)60-32-15-5-4-6-16-32)28(2)59-26-30-24-53(51-48-30)21-12-20-45-40(57)36-23-29-13-7-8-17-33(29)38(46-36)34-18-9-10-19-35(34)43;1-26(39-3)33(46)40-32(34(47)44-20-11-12-29(44)24-45-36(41-42-43-45)53-31-13-7-6-8-14-31)27(2)49-22-23-51-35(48)37(25-52-37)19-9-4-5-10-21-50-30-17-15-28(38)16-18-30;7-5-3-1-2-4-6-8;2*1-2/h4-10,13,15-19,23-24,27-28,31,37,44H,11-12,14,20-22,25-26H2,1-3H3,(H,45,57)(H,47,56);6-8,13-18,26-27,29,32,39H,4-5,9-12,19-25H2,1-3H3,(H,40,46);5-6H,1-4H2;2*1H2/t27-,28+,31-,37-;26?,27?,29?,32?,37-;;;/m00.../s1. The average Bonchev–Trinajstić information content (AvgIpc) is 1.76. The molecule has 5 amide bonds. The number of hydrogen-bond acceptors (Lipinski definition) is 28. The molecule has 0 saturated carbocycles. The van der Waals surface area contributed by atoms with Crippen LogP contribution in [0.25, 0.3) is 22.0 Å². The molecule has 3 aliphatic rings. The summed E-state index contributed by atoms with van der Waals surface area (Å²) < 4.78 is 34.2. The minimum atomic E-state index is -0.962. The molecule has 3 fully saturated rings. The van der Waals surface area contributed by atoms with Gasteiger partial charge in [-0.15, -0.1) is 15.3 Å². The monoisotopic (exact) mass is 1800 g/mol. The van der Waals surface area contributed by atoms with Crippen molar-refractivity contribution < 1.29 is 71.6 Å². The Morgan fingerprint density at radius 1 is 0.616 bits per heavy atom. The van der Waals surface area contributed by atoms with Crippen LogP contribution in [0.4, 0.5) is 0 Å². The summed E-state index contributed by atoms with van der Waals surface area (Å²) in [5, 5.41) is 52.0. The van der Waals surface area contributed by atoms with E-state index in [-0.39, 0.29) is 61.4 Å². The van der Waals surface area contributed by atoms with Gasteiger partial charge < -0.3 is 79.2 Å². The molecule has 0 bridgehead atoms. The molecule has 9 aromatic rings. The minimum Gasteiger partial charge on any atom is -0.494 e. The first-order valence-corrected chi connectivity index (χ1v) is 43.9. The molecule has 7 heterocycles. The zero-order valence-electron chi connectivity index (χ0n) is 71.2. The predicted octanol–water partition coefficient (Wildman–Crippen LogP) is 9.68. The zero-order valence-corrected chi connectivity index (χ0v) is 74.3. The highest BCUT2D eigenvalue weighted by Crippen LogP contribution is 2.36. The first-order valence-electron chi connectivity index (χ1n) is 41.5. The van der Waals surface area contributed by atoms with Crippen molar-refractivity contribution in [2.75, 3.05) is 60.2 Å². The molecule has 34 nitrogen and oxygen atoms in total. The van der Waals surface area contributed by atoms with Crippen molar-refractivity contribution >= 4 is 119 Å². The maximum Gasteiger partial charge on any atom is 0.340 e. The summed E-state index contributed by atoms with van der Waals surface area (Å²) in [7, 11) is 3.37. The lowest BCUT2D eigenvalue weighted by Gasteiger charge is -2.32. The summed E-state index contributed by atoms with van der Waals surface area (Å²) in [5.41, 5.74) is 1.36. The summed E-state index contributed by atoms with van der Waals surface area (Å²) in [4.78, 5) is 126. The van der Waals surface area contributed by atoms with Crippen molar-refractivity contribution in [3.8, 4) is 17.0 Å². The van der Waals surface area contributed by atoms with E-state index in [0.717, 1.165) is 109 Å². The fourth-order valence-corrected chi connectivity index (χ4v) is 15.5. The van der Waals surface area contributed by atoms with E-state index in [1.54, 1.807) is 96.1 Å². The molecular formula is C87H111Cl2N19O15S2. The zero-order chi connectivity index (χ0) is 89.9. The van der Waals surface area contributed by atoms with Crippen LogP contribution >= 0.6 is 46.7 Å². The van der Waals surface area contributed by atoms with Crippen molar-refractivity contribution in [3.05, 3.63) is 167 Å². The highest BCUT2D eigenvalue weighted by atomic mass is 35.5. The van der Waals surface area contributed by atoms with E-state index in [0.29, 0.717) is 116 Å². The molecular weight excluding hydrogens is 1690 g/mol. The second-order valence-corrected chi connectivity index (χ2v) is 32.4. The van der Waals surface area contributed by atoms with Gasteiger partial charge in [0.25, 0.3) is 5.91 Å². The Morgan fingerprint density at radius 2 is 1.15 bits per heavy atom. The normalized spacial score (nSPS) is 16.4. The van der Waals surface area contributed by atoms with Crippen LogP contribution in [-0.2, 0) is 88.3 Å². The quantitative estimate of drug-likeness (QED) is 0.0102. The van der Waals surface area contributed by atoms with Crippen LogP contribution in [0, 0.1) is 0 Å². The lowest BCUT2D eigenvalue weighted by molar-refractivity contribution is -0.153. The number of epoxide rings is 1. The number of aryl methyl sites for hydroxylation is 1. The second kappa shape index (κ2) is 53.5. The Hall–Kier alpha value is -10.8. The number of fused-ring (bicyclic) bond motifs is 1. The van der Waals surface area contributed by atoms with Crippen LogP contribution in [0.5, 0.6) is 5.75 Å². The van der Waals surface area contributed by atoms with Crippen LogP contribution in [0.15, 0.2) is 166 Å². The van der Waals surface area contributed by atoms with Gasteiger partial charge in [0, 0.05) is 69.8 Å². The number of nitrogens with one attached hydrogen (secondary N) is 5. The van der Waals surface area contributed by atoms with Gasteiger partial charge in [-0.25, -0.2) is 19.1 Å². The summed E-state index contributed by atoms with van der Waals surface area (Å²) in [5.74, 6) is -1.04. The third kappa shape index (κ3) is 31.1. The fraction of sp³-hybridized carbons (Fsp3) is 0.460. The number of nitrogens with zero attached hydrogens (tertiary/aromatic N) is 14. The first-order chi connectivity index (χ1) is 60.8. The maximum absolute atomic E-state index is 14.3. The molecule has 670 valence electrons. The van der Waals surface area contributed by atoms with E-state index < -0.39 is 47.9 Å². The molecule has 0 radical (unpaired) electrons. The van der Waals surface area contributed by atoms with Crippen molar-refractivity contribution in [1.29, 1.82) is 0 Å². The third-order valence-electron chi connectivity index (χ3n) is 20.8. The van der Waals surface area contributed by atoms with Crippen molar-refractivity contribution in [2.24, 2.45) is 0 Å². The minimum absolute atomic E-state index is 0.00834. The molecule has 0 aliphatic carbocycles. The number of aromatic nitrogens is 12. The molecule has 5 aromatic carbocycles. The van der Waals surface area contributed by atoms with E-state index in [4.69, 9.17) is 61.5 Å². The van der Waals surface area contributed by atoms with Crippen LogP contribution in [-0.4, -0.2) is 246 Å². The number of amides is 5. The van der Waals surface area contributed by atoms with E-state index in [2.05, 4.69) is 67.9 Å². The number of ether oxygens (including phenoxy) is 5. The van der Waals surface area contributed by atoms with E-state index in [9.17, 15) is 38.4 Å². The maximum atomic E-state index is 14.3. The number of likely N-dealkylation sites (N-methyl/N-ethyl adjacent to an activating group) is 2. The molecule has 4 unspecified atom stereocenters. The van der Waals surface area contributed by atoms with Gasteiger partial charge in [0.2, 0.25) is 33.9 Å². The Bertz CT molecular complexity index is 4820. The van der Waals surface area contributed by atoms with Crippen LogP contribution in [0.1, 0.15) is 134 Å². The van der Waals surface area contributed by atoms with Gasteiger partial charge in [0.05, 0.1) is 87.8 Å². The summed E-state index contributed by atoms with van der Waals surface area (Å²) in [6.45, 7) is 14.8. The number of likely N-dealkylation sites (tertiary alicyclic amines) is 2. The van der Waals surface area contributed by atoms with E-state index in [1.165, 1.54) is 23.5 Å². The summed E-state index contributed by atoms with van der Waals surface area (Å²) >= 11 is 15.3. The van der Waals surface area contributed by atoms with Crippen LogP contribution in [0.3, 0.4) is 0 Å². The van der Waals surface area contributed by atoms with Gasteiger partial charge in [-0.1, -0.05) is 120 Å². The van der Waals surface area contributed by atoms with E-state index in [1.807, 2.05) is 129 Å². The number of rotatable bonds is 45. The van der Waals surface area contributed by atoms with Gasteiger partial charge in [0.15, 0.2) is 5.60 Å². The van der Waals surface area contributed by atoms with Crippen molar-refractivity contribution in [3.63, 3.8) is 0 Å². The molecule has 12 rings (SSSR count). The molecule has 9 atom stereocenters. The molecule has 125 heavy (non-hydrogen) atoms. The lowest BCUT2D eigenvalue weighted by Crippen LogP contribution is -2.58. The largest absolute Gasteiger partial charge is 0.494 e. The molecule has 3 saturated heterocycles. The van der Waals surface area contributed by atoms with Crippen LogP contribution in [0.2, 0.25) is 10.0 Å². The molecule has 0 spiro atoms. The Kier molecular flexibility index (Phi) is 42.6. The van der Waals surface area contributed by atoms with Gasteiger partial charge in [-0.3, -0.25) is 28.7 Å². The number of unbranched alkanes of at least 4 members (excludes halogenated alkanes) is 6. The number of tetrazole rings is 2. The Morgan fingerprint density at radius 3 is 1.70 bits per heavy atom. The van der Waals surface area contributed by atoms with E-state index >= 15 is 0 Å². The summed E-state index contributed by atoms with van der Waals surface area (Å²) in [6, 6.07) is 40.6. The fourth-order valence-electron chi connectivity index (χ4n) is 13.5. The van der Waals surface area contributed by atoms with Gasteiger partial charge in [-0.2, -0.15) is 0 Å². The highest BCUT2D eigenvalue weighted by molar-refractivity contribution is 7.99. The van der Waals surface area contributed by atoms with Crippen molar-refractivity contribution in [2.45, 2.75) is 218 Å². The molecule has 38 heteroatoms. The third-order valence-corrected chi connectivity index (χ3v) is 23.3. The molecule has 4 aromatic heterocycles. The lowest BCUT2D eigenvalue weighted by atomic mass is 10.0. The number of carbonyl (C=O) groups is 10. The second-order valence-electron chi connectivity index (χ2n) is 29.5. The van der Waals surface area contributed by atoms with Gasteiger partial charge in [0.1, 0.15) is 62.0 Å². The Balaban J connectivity index is 0.000000276. The smallest absolute Gasteiger partial charge is 0.340 e. The first kappa shape index (κ1) is 99.6. The number of hydrogen-bond donors (Lipinski definition) is 5. The SMILES string of the molecule is C=O.C=O.CNC(C)C(=O)NC(C(=O)N1CCCC1Cn1nnnc1Sc1ccccc1)C(C)OCCOC(=O)[C@]1(CCCCCCOc2ccc(Cl)cc2)CO1.CN[C@@H](C)C(=O)N[C@H](C(=O)N1CCC[C@H]1Cn1nnnc1Sc1ccccc1)[C@@H](C)OCc1cn(CCCNC(=O)c2cc3ccccc3c(-c3ccccc3Cl)n2)nn1.O=CCCCCC=O. The number of carbonyl (C=O) groups excluding carboxylic acids is 10. The topological polar surface area (TPSA) is 418 Å². The van der Waals surface area contributed by atoms with Crippen molar-refractivity contribution in [1.82, 2.24) is 96.8 Å². The highest BCUT2D eigenvalue weighted by Gasteiger charge is 2.53. The average molecular weight is 1800 g/mol. The molecule has 5 N–H and O–H groups in total. The Labute approximate surface area is 745 Å². The number of pyridine rings is 1. The number of benzene rings is 5. The summed E-state index contributed by atoms with van der Waals surface area (Å²) in [6.07, 6.45) is 13.0.